The molecule has 1 fully saturated rings. The van der Waals surface area contributed by atoms with Crippen LogP contribution < -0.4 is 10.2 Å². The van der Waals surface area contributed by atoms with Gasteiger partial charge >= 0.3 is 0 Å². The second-order valence-electron chi connectivity index (χ2n) is 7.04. The third-order valence-corrected chi connectivity index (χ3v) is 5.36. The number of rotatable bonds is 5. The van der Waals surface area contributed by atoms with E-state index in [0.29, 0.717) is 6.54 Å². The molecule has 1 N–H and O–H groups in total. The Morgan fingerprint density at radius 3 is 2.39 bits per heavy atom. The molecule has 1 aliphatic rings. The molecule has 1 aliphatic heterocycles. The predicted octanol–water partition coefficient (Wildman–Crippen LogP) is 4.16. The van der Waals surface area contributed by atoms with Crippen molar-refractivity contribution in [3.63, 3.8) is 0 Å². The van der Waals surface area contributed by atoms with E-state index in [4.69, 9.17) is 21.6 Å². The maximum absolute atomic E-state index is 6.30. The largest absolute Gasteiger partial charge is 0.366 e. The average molecular weight is 394 g/mol. The van der Waals surface area contributed by atoms with Crippen molar-refractivity contribution in [3.8, 4) is 11.3 Å². The van der Waals surface area contributed by atoms with Crippen LogP contribution in [0.15, 0.2) is 60.7 Å². The molecular formula is C22H24ClN5. The van der Waals surface area contributed by atoms with E-state index in [9.17, 15) is 0 Å². The Morgan fingerprint density at radius 1 is 0.929 bits per heavy atom. The zero-order valence-corrected chi connectivity index (χ0v) is 16.7. The maximum atomic E-state index is 6.30. The molecule has 0 unspecified atom stereocenters. The van der Waals surface area contributed by atoms with Crippen LogP contribution in [0.25, 0.3) is 11.3 Å². The van der Waals surface area contributed by atoms with E-state index >= 15 is 0 Å². The fraction of sp³-hybridized carbons (Fsp3) is 0.273. The SMILES string of the molecule is CN1CCN(c2nc(NCc3ccccc3Cl)cc(-c3ccccc3)n2)CC1. The fourth-order valence-corrected chi connectivity index (χ4v) is 3.46. The summed E-state index contributed by atoms with van der Waals surface area (Å²) in [5.74, 6) is 1.58. The molecule has 0 saturated carbocycles. The molecule has 0 bridgehead atoms. The van der Waals surface area contributed by atoms with Crippen LogP contribution in [0, 0.1) is 0 Å². The van der Waals surface area contributed by atoms with E-state index in [1.165, 1.54) is 0 Å². The molecule has 6 heteroatoms. The standard InChI is InChI=1S/C22H24ClN5/c1-27-11-13-28(14-12-27)22-25-20(17-7-3-2-4-8-17)15-21(26-22)24-16-18-9-5-6-10-19(18)23/h2-10,15H,11-14,16H2,1H3,(H,24,25,26). The fourth-order valence-electron chi connectivity index (χ4n) is 3.26. The first-order valence-corrected chi connectivity index (χ1v) is 9.92. The van der Waals surface area contributed by atoms with E-state index in [1.807, 2.05) is 48.5 Å². The van der Waals surface area contributed by atoms with Gasteiger partial charge in [-0.25, -0.2) is 4.98 Å². The summed E-state index contributed by atoms with van der Waals surface area (Å²) in [5, 5.41) is 4.18. The Balaban J connectivity index is 1.63. The van der Waals surface area contributed by atoms with Crippen LogP contribution in [0.3, 0.4) is 0 Å². The number of aromatic nitrogens is 2. The van der Waals surface area contributed by atoms with Crippen LogP contribution in [-0.2, 0) is 6.54 Å². The van der Waals surface area contributed by atoms with Gasteiger partial charge in [0.25, 0.3) is 0 Å². The van der Waals surface area contributed by atoms with Crippen LogP contribution in [-0.4, -0.2) is 48.1 Å². The Morgan fingerprint density at radius 2 is 1.64 bits per heavy atom. The maximum Gasteiger partial charge on any atom is 0.227 e. The van der Waals surface area contributed by atoms with E-state index in [2.05, 4.69) is 34.3 Å². The molecule has 4 rings (SSSR count). The lowest BCUT2D eigenvalue weighted by Gasteiger charge is -2.32. The predicted molar refractivity (Wildman–Crippen MR) is 116 cm³/mol. The lowest BCUT2D eigenvalue weighted by atomic mass is 10.1. The van der Waals surface area contributed by atoms with Gasteiger partial charge in [-0.15, -0.1) is 0 Å². The molecule has 28 heavy (non-hydrogen) atoms. The third kappa shape index (κ3) is 4.43. The van der Waals surface area contributed by atoms with Crippen molar-refractivity contribution >= 4 is 23.4 Å². The smallest absolute Gasteiger partial charge is 0.227 e. The van der Waals surface area contributed by atoms with Gasteiger partial charge in [-0.1, -0.05) is 60.1 Å². The monoisotopic (exact) mass is 393 g/mol. The van der Waals surface area contributed by atoms with Crippen molar-refractivity contribution in [1.82, 2.24) is 14.9 Å². The summed E-state index contributed by atoms with van der Waals surface area (Å²) >= 11 is 6.30. The van der Waals surface area contributed by atoms with Crippen molar-refractivity contribution in [2.45, 2.75) is 6.54 Å². The van der Waals surface area contributed by atoms with E-state index < -0.39 is 0 Å². The molecule has 0 spiro atoms. The highest BCUT2D eigenvalue weighted by Gasteiger charge is 2.18. The first-order valence-electron chi connectivity index (χ1n) is 9.54. The molecule has 0 aliphatic carbocycles. The highest BCUT2D eigenvalue weighted by Crippen LogP contribution is 2.24. The zero-order valence-electron chi connectivity index (χ0n) is 16.0. The summed E-state index contributed by atoms with van der Waals surface area (Å²) in [6.07, 6.45) is 0. The molecule has 0 radical (unpaired) electrons. The summed E-state index contributed by atoms with van der Waals surface area (Å²) in [6, 6.07) is 20.1. The van der Waals surface area contributed by atoms with E-state index in [0.717, 1.165) is 59.8 Å². The number of nitrogens with zero attached hydrogens (tertiary/aromatic N) is 4. The Labute approximate surface area is 171 Å². The highest BCUT2D eigenvalue weighted by molar-refractivity contribution is 6.31. The number of anilines is 2. The minimum Gasteiger partial charge on any atom is -0.366 e. The topological polar surface area (TPSA) is 44.3 Å². The van der Waals surface area contributed by atoms with Crippen LogP contribution >= 0.6 is 11.6 Å². The minimum atomic E-state index is 0.618. The van der Waals surface area contributed by atoms with Gasteiger partial charge in [0.2, 0.25) is 5.95 Å². The third-order valence-electron chi connectivity index (χ3n) is 4.99. The number of hydrogen-bond donors (Lipinski definition) is 1. The molecule has 144 valence electrons. The van der Waals surface area contributed by atoms with Gasteiger partial charge in [-0.05, 0) is 18.7 Å². The number of halogens is 1. The van der Waals surface area contributed by atoms with Crippen molar-refractivity contribution < 1.29 is 0 Å². The quantitative estimate of drug-likeness (QED) is 0.705. The summed E-state index contributed by atoms with van der Waals surface area (Å²) in [6.45, 7) is 4.51. The Kier molecular flexibility index (Phi) is 5.74. The van der Waals surface area contributed by atoms with Crippen molar-refractivity contribution in [3.05, 3.63) is 71.2 Å². The molecule has 1 aromatic heterocycles. The van der Waals surface area contributed by atoms with Crippen molar-refractivity contribution in [2.24, 2.45) is 0 Å². The van der Waals surface area contributed by atoms with Crippen molar-refractivity contribution in [1.29, 1.82) is 0 Å². The van der Waals surface area contributed by atoms with Crippen LogP contribution in [0.4, 0.5) is 11.8 Å². The van der Waals surface area contributed by atoms with Gasteiger partial charge in [0.15, 0.2) is 0 Å². The molecule has 2 aromatic carbocycles. The summed E-state index contributed by atoms with van der Waals surface area (Å²) < 4.78 is 0. The van der Waals surface area contributed by atoms with Crippen LogP contribution in [0.2, 0.25) is 5.02 Å². The minimum absolute atomic E-state index is 0.618. The number of benzene rings is 2. The molecular weight excluding hydrogens is 370 g/mol. The first-order chi connectivity index (χ1) is 13.7. The Bertz CT molecular complexity index is 923. The number of likely N-dealkylation sites (N-methyl/N-ethyl adjacent to an activating group) is 1. The van der Waals surface area contributed by atoms with Crippen LogP contribution in [0.1, 0.15) is 5.56 Å². The summed E-state index contributed by atoms with van der Waals surface area (Å²) in [4.78, 5) is 14.2. The molecule has 0 atom stereocenters. The lowest BCUT2D eigenvalue weighted by Crippen LogP contribution is -2.45. The average Bonchev–Trinajstić information content (AvgIpc) is 2.74. The second kappa shape index (κ2) is 8.59. The Hall–Kier alpha value is -2.63. The molecule has 0 amide bonds. The molecule has 5 nitrogen and oxygen atoms in total. The summed E-state index contributed by atoms with van der Waals surface area (Å²) in [5.41, 5.74) is 3.05. The molecule has 3 aromatic rings. The van der Waals surface area contributed by atoms with Crippen molar-refractivity contribution in [2.75, 3.05) is 43.4 Å². The van der Waals surface area contributed by atoms with Gasteiger partial charge in [0, 0.05) is 49.4 Å². The van der Waals surface area contributed by atoms with Gasteiger partial charge in [0.05, 0.1) is 5.69 Å². The normalized spacial score (nSPS) is 14.9. The van der Waals surface area contributed by atoms with Gasteiger partial charge in [-0.2, -0.15) is 4.98 Å². The number of piperazine rings is 1. The lowest BCUT2D eigenvalue weighted by molar-refractivity contribution is 0.311. The summed E-state index contributed by atoms with van der Waals surface area (Å²) in [7, 11) is 2.15. The van der Waals surface area contributed by atoms with E-state index in [-0.39, 0.29) is 0 Å². The first kappa shape index (κ1) is 18.7. The highest BCUT2D eigenvalue weighted by atomic mass is 35.5. The van der Waals surface area contributed by atoms with Gasteiger partial charge < -0.3 is 15.1 Å². The number of nitrogens with one attached hydrogen (secondary N) is 1. The molecule has 1 saturated heterocycles. The van der Waals surface area contributed by atoms with Crippen LogP contribution in [0.5, 0.6) is 0 Å². The van der Waals surface area contributed by atoms with Gasteiger partial charge in [-0.3, -0.25) is 0 Å². The second-order valence-corrected chi connectivity index (χ2v) is 7.45. The van der Waals surface area contributed by atoms with E-state index in [1.54, 1.807) is 0 Å². The number of hydrogen-bond acceptors (Lipinski definition) is 5. The van der Waals surface area contributed by atoms with Gasteiger partial charge in [0.1, 0.15) is 5.82 Å². The zero-order chi connectivity index (χ0) is 19.3. The molecule has 2 heterocycles.